The van der Waals surface area contributed by atoms with Gasteiger partial charge in [-0.2, -0.15) is 0 Å². The van der Waals surface area contributed by atoms with Crippen molar-refractivity contribution in [3.63, 3.8) is 0 Å². The monoisotopic (exact) mass is 255 g/mol. The lowest BCUT2D eigenvalue weighted by Gasteiger charge is -2.33. The predicted molar refractivity (Wildman–Crippen MR) is 67.3 cm³/mol. The number of alkyl carbamates (subject to hydrolysis) is 1. The Labute approximate surface area is 107 Å². The van der Waals surface area contributed by atoms with Gasteiger partial charge in [0, 0.05) is 5.57 Å². The van der Waals surface area contributed by atoms with E-state index in [9.17, 15) is 9.59 Å². The van der Waals surface area contributed by atoms with Gasteiger partial charge < -0.3 is 15.2 Å². The topological polar surface area (TPSA) is 75.6 Å². The van der Waals surface area contributed by atoms with Crippen molar-refractivity contribution < 1.29 is 19.4 Å². The quantitative estimate of drug-likeness (QED) is 0.759. The van der Waals surface area contributed by atoms with E-state index in [1.54, 1.807) is 27.7 Å². The van der Waals surface area contributed by atoms with Gasteiger partial charge in [0.25, 0.3) is 0 Å². The summed E-state index contributed by atoms with van der Waals surface area (Å²) < 4.78 is 5.15. The molecule has 5 nitrogen and oxygen atoms in total. The van der Waals surface area contributed by atoms with Crippen LogP contribution >= 0.6 is 0 Å². The largest absolute Gasteiger partial charge is 0.478 e. The van der Waals surface area contributed by atoms with Crippen molar-refractivity contribution >= 4 is 12.1 Å². The van der Waals surface area contributed by atoms with Gasteiger partial charge >= 0.3 is 12.1 Å². The Morgan fingerprint density at radius 1 is 1.44 bits per heavy atom. The minimum absolute atomic E-state index is 0.189. The van der Waals surface area contributed by atoms with Crippen molar-refractivity contribution in [1.29, 1.82) is 0 Å². The average molecular weight is 255 g/mol. The van der Waals surface area contributed by atoms with Crippen molar-refractivity contribution in [1.82, 2.24) is 5.32 Å². The molecule has 1 fully saturated rings. The molecule has 0 aliphatic heterocycles. The van der Waals surface area contributed by atoms with Gasteiger partial charge in [0.05, 0.1) is 6.04 Å². The minimum Gasteiger partial charge on any atom is -0.478 e. The summed E-state index contributed by atoms with van der Waals surface area (Å²) in [5.41, 5.74) is 0.677. The fraction of sp³-hybridized carbons (Fsp3) is 0.692. The van der Waals surface area contributed by atoms with Crippen LogP contribution in [0.1, 0.15) is 47.0 Å². The Bertz CT molecular complexity index is 379. The highest BCUT2D eigenvalue weighted by Crippen LogP contribution is 2.31. The van der Waals surface area contributed by atoms with Crippen LogP contribution in [0.3, 0.4) is 0 Å². The van der Waals surface area contributed by atoms with Crippen LogP contribution in [0.15, 0.2) is 11.1 Å². The lowest BCUT2D eigenvalue weighted by Crippen LogP contribution is -2.45. The van der Waals surface area contributed by atoms with Crippen LogP contribution in [-0.2, 0) is 9.53 Å². The highest BCUT2D eigenvalue weighted by atomic mass is 16.6. The van der Waals surface area contributed by atoms with Crippen LogP contribution < -0.4 is 5.32 Å². The number of carboxylic acid groups (broad SMARTS) is 1. The third-order valence-electron chi connectivity index (χ3n) is 2.81. The molecule has 0 aromatic heterocycles. The predicted octanol–water partition coefficient (Wildman–Crippen LogP) is 2.46. The van der Waals surface area contributed by atoms with Crippen molar-refractivity contribution in [2.45, 2.75) is 58.6 Å². The van der Waals surface area contributed by atoms with Crippen LogP contribution in [-0.4, -0.2) is 28.8 Å². The maximum atomic E-state index is 11.6. The van der Waals surface area contributed by atoms with Crippen molar-refractivity contribution in [3.8, 4) is 0 Å². The Balaban J connectivity index is 2.65. The molecule has 0 radical (unpaired) electrons. The molecule has 102 valence electrons. The molecule has 1 rings (SSSR count). The van der Waals surface area contributed by atoms with E-state index in [0.29, 0.717) is 12.0 Å². The number of hydrogen-bond donors (Lipinski definition) is 2. The molecule has 0 spiro atoms. The average Bonchev–Trinajstić information content (AvgIpc) is 2.17. The summed E-state index contributed by atoms with van der Waals surface area (Å²) in [4.78, 5) is 22.6. The van der Waals surface area contributed by atoms with E-state index in [4.69, 9.17) is 9.84 Å². The molecule has 0 saturated heterocycles. The Morgan fingerprint density at radius 2 is 2.06 bits per heavy atom. The summed E-state index contributed by atoms with van der Waals surface area (Å²) >= 11 is 0. The lowest BCUT2D eigenvalue weighted by molar-refractivity contribution is -0.132. The molecule has 18 heavy (non-hydrogen) atoms. The van der Waals surface area contributed by atoms with E-state index >= 15 is 0 Å². The molecule has 1 unspecified atom stereocenters. The number of carbonyl (C=O) groups is 2. The fourth-order valence-electron chi connectivity index (χ4n) is 1.92. The third kappa shape index (κ3) is 3.75. The summed E-state index contributed by atoms with van der Waals surface area (Å²) in [6, 6.07) is -0.189. The van der Waals surface area contributed by atoms with Gasteiger partial charge in [0.2, 0.25) is 0 Å². The number of hydrogen-bond acceptors (Lipinski definition) is 3. The third-order valence-corrected chi connectivity index (χ3v) is 2.81. The van der Waals surface area contributed by atoms with E-state index in [-0.39, 0.29) is 6.04 Å². The summed E-state index contributed by atoms with van der Waals surface area (Å²) in [5, 5.41) is 11.8. The van der Waals surface area contributed by atoms with Crippen LogP contribution in [0, 0.1) is 0 Å². The molecular formula is C13H21NO4. The highest BCUT2D eigenvalue weighted by molar-refractivity contribution is 5.88. The van der Waals surface area contributed by atoms with E-state index in [2.05, 4.69) is 5.32 Å². The molecular weight excluding hydrogens is 234 g/mol. The summed E-state index contributed by atoms with van der Waals surface area (Å²) in [7, 11) is 0. The second-order valence-electron chi connectivity index (χ2n) is 5.40. The Morgan fingerprint density at radius 3 is 2.39 bits per heavy atom. The Kier molecular flexibility index (Phi) is 4.38. The summed E-state index contributed by atoms with van der Waals surface area (Å²) in [6.45, 7) is 7.18. The first-order chi connectivity index (χ1) is 8.24. The molecule has 0 aromatic rings. The number of nitrogens with one attached hydrogen (secondary N) is 1. The molecule has 1 amide bonds. The van der Waals surface area contributed by atoms with Crippen LogP contribution in [0.5, 0.6) is 0 Å². The number of ether oxygens (including phenoxy) is 1. The van der Waals surface area contributed by atoms with Crippen LogP contribution in [0.25, 0.3) is 0 Å². The Hall–Kier alpha value is -1.52. The molecule has 0 aromatic carbocycles. The zero-order chi connectivity index (χ0) is 13.9. The molecule has 0 bridgehead atoms. The first-order valence-electron chi connectivity index (χ1n) is 6.19. The van der Waals surface area contributed by atoms with Gasteiger partial charge in [-0.25, -0.2) is 9.59 Å². The standard InChI is InChI=1S/C13H21NO4/c1-5-8(11(15)16)9-6-7-10(9)14-12(17)18-13(2,3)4/h10H,5-7H2,1-4H3,(H,14,17)(H,15,16). The maximum Gasteiger partial charge on any atom is 0.408 e. The number of carboxylic acids is 1. The molecule has 0 heterocycles. The van der Waals surface area contributed by atoms with Crippen LogP contribution in [0.4, 0.5) is 4.79 Å². The van der Waals surface area contributed by atoms with E-state index in [1.165, 1.54) is 0 Å². The molecule has 1 aliphatic rings. The van der Waals surface area contributed by atoms with Gasteiger partial charge in [-0.1, -0.05) is 6.92 Å². The van der Waals surface area contributed by atoms with Gasteiger partial charge in [-0.15, -0.1) is 0 Å². The molecule has 1 atom stereocenters. The highest BCUT2D eigenvalue weighted by Gasteiger charge is 2.31. The molecule has 2 N–H and O–H groups in total. The van der Waals surface area contributed by atoms with E-state index in [0.717, 1.165) is 18.4 Å². The SMILES string of the molecule is CCC(C(=O)O)=C1CCC1NC(=O)OC(C)(C)C. The van der Waals surface area contributed by atoms with Crippen molar-refractivity contribution in [2.24, 2.45) is 0 Å². The van der Waals surface area contributed by atoms with Crippen molar-refractivity contribution in [3.05, 3.63) is 11.1 Å². The van der Waals surface area contributed by atoms with E-state index in [1.807, 2.05) is 0 Å². The number of carbonyl (C=O) groups excluding carboxylic acids is 1. The van der Waals surface area contributed by atoms with Gasteiger partial charge in [0.15, 0.2) is 0 Å². The molecule has 1 saturated carbocycles. The summed E-state index contributed by atoms with van der Waals surface area (Å²) in [6.07, 6.45) is 1.48. The van der Waals surface area contributed by atoms with Crippen molar-refractivity contribution in [2.75, 3.05) is 0 Å². The normalized spacial score (nSPS) is 21.9. The first-order valence-corrected chi connectivity index (χ1v) is 6.19. The smallest absolute Gasteiger partial charge is 0.408 e. The lowest BCUT2D eigenvalue weighted by atomic mass is 9.81. The zero-order valence-electron chi connectivity index (χ0n) is 11.4. The maximum absolute atomic E-state index is 11.6. The summed E-state index contributed by atoms with van der Waals surface area (Å²) in [5.74, 6) is -0.900. The fourth-order valence-corrected chi connectivity index (χ4v) is 1.92. The second kappa shape index (κ2) is 5.42. The minimum atomic E-state index is -0.900. The molecule has 5 heteroatoms. The van der Waals surface area contributed by atoms with Crippen LogP contribution in [0.2, 0.25) is 0 Å². The molecule has 1 aliphatic carbocycles. The zero-order valence-corrected chi connectivity index (χ0v) is 11.4. The van der Waals surface area contributed by atoms with Gasteiger partial charge in [0.1, 0.15) is 5.60 Å². The number of aliphatic carboxylic acids is 1. The first kappa shape index (κ1) is 14.5. The van der Waals surface area contributed by atoms with E-state index < -0.39 is 17.7 Å². The number of rotatable bonds is 3. The number of amides is 1. The van der Waals surface area contributed by atoms with Gasteiger partial charge in [-0.3, -0.25) is 0 Å². The second-order valence-corrected chi connectivity index (χ2v) is 5.40. The van der Waals surface area contributed by atoms with Gasteiger partial charge in [-0.05, 0) is 45.6 Å².